The van der Waals surface area contributed by atoms with Crippen molar-refractivity contribution in [2.45, 2.75) is 0 Å². The summed E-state index contributed by atoms with van der Waals surface area (Å²) in [5.41, 5.74) is 6.79. The van der Waals surface area contributed by atoms with E-state index in [9.17, 15) is 0 Å². The minimum Gasteiger partial charge on any atom is -0.292 e. The second-order valence-corrected chi connectivity index (χ2v) is 17.6. The van der Waals surface area contributed by atoms with Crippen molar-refractivity contribution in [1.29, 1.82) is 0 Å². The number of hydrogen-bond acceptors (Lipinski definition) is 6. The molecule has 0 saturated carbocycles. The predicted octanol–water partition coefficient (Wildman–Crippen LogP) is 14.7. The molecule has 13 rings (SSSR count). The smallest absolute Gasteiger partial charge is 0.164 e. The Morgan fingerprint density at radius 3 is 0.733 bits per heavy atom. The van der Waals surface area contributed by atoms with Crippen LogP contribution < -0.4 is 0 Å². The molecule has 0 spiro atoms. The van der Waals surface area contributed by atoms with Crippen LogP contribution in [0, 0.1) is 34.9 Å². The standard InChI is InChI=1S/C60H33F6N9/c61-34-25-35(62)29-40(28-34)73-52-22-10-7-19-49(52)67-58(73)46-16-4-1-13-43(46)55-70-56(44-14-2-5-17-47(44)59-68-50-20-8-11-23-53(50)74(59)41-30-36(63)26-37(64)31-41)72-57(71-55)45-15-3-6-18-48(45)60-69-51-21-9-12-24-54(51)75(60)42-32-38(65)27-39(66)33-42/h1-33H. The molecule has 75 heavy (non-hydrogen) atoms. The van der Waals surface area contributed by atoms with Crippen LogP contribution in [0.1, 0.15) is 0 Å². The zero-order valence-corrected chi connectivity index (χ0v) is 38.8. The molecule has 0 saturated heterocycles. The lowest BCUT2D eigenvalue weighted by molar-refractivity contribution is 0.581. The summed E-state index contributed by atoms with van der Waals surface area (Å²) in [5.74, 6) is -3.24. The average Bonchev–Trinajstić information content (AvgIpc) is 4.17. The van der Waals surface area contributed by atoms with Crippen LogP contribution >= 0.6 is 0 Å². The van der Waals surface area contributed by atoms with Crippen molar-refractivity contribution in [2.24, 2.45) is 0 Å². The number of imidazole rings is 3. The first-order chi connectivity index (χ1) is 36.6. The van der Waals surface area contributed by atoms with Crippen molar-refractivity contribution >= 4 is 33.1 Å². The lowest BCUT2D eigenvalue weighted by Gasteiger charge is -2.17. The summed E-state index contributed by atoms with van der Waals surface area (Å²) in [6.07, 6.45) is 0. The number of para-hydroxylation sites is 6. The molecular weight excluding hydrogens is 961 g/mol. The Hall–Kier alpha value is -10.0. The fourth-order valence-corrected chi connectivity index (χ4v) is 9.77. The molecule has 0 atom stereocenters. The van der Waals surface area contributed by atoms with Gasteiger partial charge in [0.2, 0.25) is 0 Å². The number of nitrogens with zero attached hydrogens (tertiary/aromatic N) is 9. The maximum absolute atomic E-state index is 15.1. The molecule has 0 fully saturated rings. The molecule has 0 aliphatic carbocycles. The number of fused-ring (bicyclic) bond motifs is 3. The molecule has 0 amide bonds. The third-order valence-corrected chi connectivity index (χ3v) is 12.9. The Balaban J connectivity index is 1.09. The maximum atomic E-state index is 15.1. The lowest BCUT2D eigenvalue weighted by atomic mass is 10.0. The molecule has 4 heterocycles. The van der Waals surface area contributed by atoms with E-state index in [1.165, 1.54) is 36.4 Å². The number of aromatic nitrogens is 9. The van der Waals surface area contributed by atoms with E-state index in [4.69, 9.17) is 29.9 Å². The lowest BCUT2D eigenvalue weighted by Crippen LogP contribution is -2.06. The molecule has 4 aromatic heterocycles. The van der Waals surface area contributed by atoms with Gasteiger partial charge in [0.05, 0.1) is 50.2 Å². The highest BCUT2D eigenvalue weighted by Gasteiger charge is 2.26. The topological polar surface area (TPSA) is 92.1 Å². The molecular formula is C60H33F6N9. The minimum absolute atomic E-state index is 0.153. The SMILES string of the molecule is Fc1cc(F)cc(-n2c(-c3ccccc3-c3nc(-c4ccccc4-c4nc5ccccc5n4-c4cc(F)cc(F)c4)nc(-c4ccccc4-c4nc5ccccc5n4-c4cc(F)cc(F)c4)n3)nc3ccccc32)c1. The Morgan fingerprint density at radius 2 is 0.467 bits per heavy atom. The van der Waals surface area contributed by atoms with Crippen LogP contribution in [-0.2, 0) is 0 Å². The zero-order valence-electron chi connectivity index (χ0n) is 38.8. The quantitative estimate of drug-likeness (QED) is 0.134. The van der Waals surface area contributed by atoms with Crippen LogP contribution in [0.2, 0.25) is 0 Å². The van der Waals surface area contributed by atoms with E-state index in [1.807, 2.05) is 91.0 Å². The summed E-state index contributed by atoms with van der Waals surface area (Å²) in [6.45, 7) is 0. The largest absolute Gasteiger partial charge is 0.292 e. The minimum atomic E-state index is -0.779. The maximum Gasteiger partial charge on any atom is 0.164 e. The molecule has 15 heteroatoms. The summed E-state index contributed by atoms with van der Waals surface area (Å²) >= 11 is 0. The highest BCUT2D eigenvalue weighted by atomic mass is 19.2. The fourth-order valence-electron chi connectivity index (χ4n) is 9.77. The van der Waals surface area contributed by atoms with Gasteiger partial charge in [-0.25, -0.2) is 56.2 Å². The second-order valence-electron chi connectivity index (χ2n) is 17.6. The van der Waals surface area contributed by atoms with Crippen LogP contribution in [0.3, 0.4) is 0 Å². The third-order valence-electron chi connectivity index (χ3n) is 12.9. The van der Waals surface area contributed by atoms with Crippen LogP contribution in [0.15, 0.2) is 200 Å². The number of halogens is 6. The van der Waals surface area contributed by atoms with Crippen molar-refractivity contribution in [2.75, 3.05) is 0 Å². The monoisotopic (exact) mass is 993 g/mol. The number of benzene rings is 9. The second kappa shape index (κ2) is 17.9. The van der Waals surface area contributed by atoms with Gasteiger partial charge in [0, 0.05) is 51.6 Å². The van der Waals surface area contributed by atoms with Gasteiger partial charge in [-0.1, -0.05) is 109 Å². The molecule has 0 aliphatic heterocycles. The Kier molecular flexibility index (Phi) is 10.7. The van der Waals surface area contributed by atoms with E-state index < -0.39 is 34.9 Å². The zero-order chi connectivity index (χ0) is 50.9. The van der Waals surface area contributed by atoms with Crippen molar-refractivity contribution in [1.82, 2.24) is 43.6 Å². The highest BCUT2D eigenvalue weighted by Crippen LogP contribution is 2.41. The molecule has 9 aromatic carbocycles. The van der Waals surface area contributed by atoms with E-state index in [-0.39, 0.29) is 34.5 Å². The molecule has 360 valence electrons. The Morgan fingerprint density at radius 1 is 0.240 bits per heavy atom. The first-order valence-electron chi connectivity index (χ1n) is 23.5. The first kappa shape index (κ1) is 44.9. The van der Waals surface area contributed by atoms with Crippen LogP contribution in [0.5, 0.6) is 0 Å². The molecule has 0 radical (unpaired) electrons. The van der Waals surface area contributed by atoms with E-state index >= 15 is 26.3 Å². The van der Waals surface area contributed by atoms with Gasteiger partial charge in [-0.3, -0.25) is 13.7 Å². The summed E-state index contributed by atoms with van der Waals surface area (Å²) in [7, 11) is 0. The fraction of sp³-hybridized carbons (Fsp3) is 0. The van der Waals surface area contributed by atoms with Gasteiger partial charge >= 0.3 is 0 Å². The van der Waals surface area contributed by atoms with E-state index in [0.717, 1.165) is 18.2 Å². The van der Waals surface area contributed by atoms with Gasteiger partial charge in [-0.2, -0.15) is 0 Å². The van der Waals surface area contributed by atoms with Crippen molar-refractivity contribution in [3.63, 3.8) is 0 Å². The summed E-state index contributed by atoms with van der Waals surface area (Å²) < 4.78 is 95.5. The number of rotatable bonds is 9. The van der Waals surface area contributed by atoms with Crippen LogP contribution in [0.25, 0.3) is 118 Å². The van der Waals surface area contributed by atoms with Gasteiger partial charge in [-0.05, 0) is 72.8 Å². The predicted molar refractivity (Wildman–Crippen MR) is 276 cm³/mol. The van der Waals surface area contributed by atoms with Crippen molar-refractivity contribution in [3.05, 3.63) is 235 Å². The van der Waals surface area contributed by atoms with Crippen molar-refractivity contribution in [3.8, 4) is 85.4 Å². The summed E-state index contributed by atoms with van der Waals surface area (Å²) in [4.78, 5) is 30.8. The highest BCUT2D eigenvalue weighted by molar-refractivity contribution is 5.92. The molecule has 0 unspecified atom stereocenters. The average molecular weight is 994 g/mol. The van der Waals surface area contributed by atoms with Crippen LogP contribution in [0.4, 0.5) is 26.3 Å². The molecule has 0 N–H and O–H groups in total. The molecule has 9 nitrogen and oxygen atoms in total. The van der Waals surface area contributed by atoms with Gasteiger partial charge < -0.3 is 0 Å². The van der Waals surface area contributed by atoms with E-state index in [1.54, 1.807) is 68.3 Å². The Labute approximate surface area is 422 Å². The van der Waals surface area contributed by atoms with Gasteiger partial charge in [0.25, 0.3) is 0 Å². The molecule has 13 aromatic rings. The van der Waals surface area contributed by atoms with Crippen LogP contribution in [-0.4, -0.2) is 43.6 Å². The molecule has 0 bridgehead atoms. The van der Waals surface area contributed by atoms with Crippen molar-refractivity contribution < 1.29 is 26.3 Å². The summed E-state index contributed by atoms with van der Waals surface area (Å²) in [6, 6.07) is 53.2. The normalized spacial score (nSPS) is 11.6. The van der Waals surface area contributed by atoms with Gasteiger partial charge in [0.15, 0.2) is 17.5 Å². The molecule has 0 aliphatic rings. The van der Waals surface area contributed by atoms with Gasteiger partial charge in [-0.15, -0.1) is 0 Å². The van der Waals surface area contributed by atoms with Gasteiger partial charge in [0.1, 0.15) is 52.4 Å². The van der Waals surface area contributed by atoms with E-state index in [0.29, 0.717) is 84.0 Å². The van der Waals surface area contributed by atoms with E-state index in [2.05, 4.69) is 0 Å². The Bertz CT molecular complexity index is 3910. The summed E-state index contributed by atoms with van der Waals surface area (Å²) in [5, 5.41) is 0. The first-order valence-corrected chi connectivity index (χ1v) is 23.5. The third kappa shape index (κ3) is 7.94. The number of hydrogen-bond donors (Lipinski definition) is 0.